The van der Waals surface area contributed by atoms with Crippen LogP contribution >= 0.6 is 11.7 Å². The molecule has 0 aliphatic heterocycles. The van der Waals surface area contributed by atoms with Crippen molar-refractivity contribution in [3.8, 4) is 0 Å². The van der Waals surface area contributed by atoms with Gasteiger partial charge >= 0.3 is 0 Å². The van der Waals surface area contributed by atoms with E-state index in [-0.39, 0.29) is 0 Å². The highest BCUT2D eigenvalue weighted by molar-refractivity contribution is 7.00. The maximum Gasteiger partial charge on any atom is 0.277 e. The summed E-state index contributed by atoms with van der Waals surface area (Å²) in [5.74, 6) is 0. The van der Waals surface area contributed by atoms with Gasteiger partial charge in [-0.25, -0.2) is 0 Å². The first-order valence-electron chi connectivity index (χ1n) is 3.47. The zero-order valence-corrected chi connectivity index (χ0v) is 6.98. The Morgan fingerprint density at radius 1 is 1.31 bits per heavy atom. The van der Waals surface area contributed by atoms with Crippen molar-refractivity contribution >= 4 is 33.8 Å². The largest absolute Gasteiger partial charge is 0.359 e. The van der Waals surface area contributed by atoms with Crippen LogP contribution in [0.15, 0.2) is 16.8 Å². The van der Waals surface area contributed by atoms with E-state index in [1.807, 2.05) is 0 Å². The Labute approximate surface area is 75.3 Å². The quantitative estimate of drug-likeness (QED) is 0.486. The minimum atomic E-state index is 0.355. The fraction of sp³-hybridized carbons (Fsp3) is 0. The molecule has 6 nitrogen and oxygen atoms in total. The predicted molar refractivity (Wildman–Crippen MR) is 43.9 cm³/mol. The molecule has 0 bridgehead atoms. The molecule has 7 heteroatoms. The molecule has 0 saturated carbocycles. The van der Waals surface area contributed by atoms with Gasteiger partial charge in [-0.15, -0.1) is 0 Å². The van der Waals surface area contributed by atoms with Gasteiger partial charge in [-0.3, -0.25) is 4.63 Å². The molecule has 0 unspecified atom stereocenters. The molecule has 0 atom stereocenters. The van der Waals surface area contributed by atoms with Gasteiger partial charge in [0.05, 0.1) is 11.7 Å². The SMILES string of the molecule is [O-][n+]1onc2c3nsnc3ccc21. The minimum Gasteiger partial charge on any atom is -0.359 e. The molecule has 0 amide bonds. The van der Waals surface area contributed by atoms with Crippen molar-refractivity contribution < 1.29 is 9.53 Å². The zero-order valence-electron chi connectivity index (χ0n) is 6.17. The Morgan fingerprint density at radius 3 is 3.15 bits per heavy atom. The summed E-state index contributed by atoms with van der Waals surface area (Å²) in [4.78, 5) is 0.355. The van der Waals surface area contributed by atoms with E-state index in [0.717, 1.165) is 17.2 Å². The summed E-state index contributed by atoms with van der Waals surface area (Å²) in [5.41, 5.74) is 2.17. The van der Waals surface area contributed by atoms with E-state index >= 15 is 0 Å². The fourth-order valence-corrected chi connectivity index (χ4v) is 1.72. The normalized spacial score (nSPS) is 11.4. The van der Waals surface area contributed by atoms with Crippen molar-refractivity contribution in [2.24, 2.45) is 0 Å². The molecular formula is C6H2N4O2S. The van der Waals surface area contributed by atoms with Crippen LogP contribution in [-0.2, 0) is 0 Å². The van der Waals surface area contributed by atoms with Crippen LogP contribution in [0.3, 0.4) is 0 Å². The molecule has 3 rings (SSSR count). The lowest BCUT2D eigenvalue weighted by molar-refractivity contribution is -0.782. The summed E-state index contributed by atoms with van der Waals surface area (Å²) in [5, 5.41) is 14.6. The van der Waals surface area contributed by atoms with Crippen LogP contribution in [0.2, 0.25) is 0 Å². The second-order valence-electron chi connectivity index (χ2n) is 2.50. The molecule has 64 valence electrons. The van der Waals surface area contributed by atoms with Gasteiger partial charge in [0.25, 0.3) is 5.52 Å². The van der Waals surface area contributed by atoms with E-state index < -0.39 is 0 Å². The molecule has 0 fully saturated rings. The average Bonchev–Trinajstić information content (AvgIpc) is 2.70. The number of aromatic nitrogens is 4. The van der Waals surface area contributed by atoms with Gasteiger partial charge < -0.3 is 5.21 Å². The molecule has 3 aromatic rings. The lowest BCUT2D eigenvalue weighted by Crippen LogP contribution is -2.22. The molecule has 0 spiro atoms. The lowest BCUT2D eigenvalue weighted by Gasteiger charge is -1.84. The lowest BCUT2D eigenvalue weighted by atomic mass is 10.3. The summed E-state index contributed by atoms with van der Waals surface area (Å²) in [6.45, 7) is 0. The van der Waals surface area contributed by atoms with Gasteiger partial charge in [0.2, 0.25) is 5.52 Å². The van der Waals surface area contributed by atoms with Crippen molar-refractivity contribution in [1.82, 2.24) is 13.9 Å². The highest BCUT2D eigenvalue weighted by atomic mass is 32.1. The summed E-state index contributed by atoms with van der Waals surface area (Å²) >= 11 is 1.08. The highest BCUT2D eigenvalue weighted by Crippen LogP contribution is 2.19. The van der Waals surface area contributed by atoms with Crippen molar-refractivity contribution in [3.63, 3.8) is 0 Å². The molecule has 1 aromatic carbocycles. The van der Waals surface area contributed by atoms with E-state index in [1.165, 1.54) is 0 Å². The monoisotopic (exact) mass is 194 g/mol. The Hall–Kier alpha value is -1.76. The number of hydrogen-bond acceptors (Lipinski definition) is 6. The van der Waals surface area contributed by atoms with Gasteiger partial charge in [0.1, 0.15) is 5.52 Å². The van der Waals surface area contributed by atoms with Crippen LogP contribution in [0.1, 0.15) is 0 Å². The van der Waals surface area contributed by atoms with Crippen LogP contribution in [0, 0.1) is 5.21 Å². The fourth-order valence-electron chi connectivity index (χ4n) is 1.19. The second kappa shape index (κ2) is 2.13. The van der Waals surface area contributed by atoms with Gasteiger partial charge in [0.15, 0.2) is 5.52 Å². The first-order chi connectivity index (χ1) is 6.36. The molecule has 2 aromatic heterocycles. The third-order valence-electron chi connectivity index (χ3n) is 1.78. The van der Waals surface area contributed by atoms with Crippen molar-refractivity contribution in [3.05, 3.63) is 17.3 Å². The Balaban J connectivity index is 2.66. The molecule has 0 aliphatic rings. The number of fused-ring (bicyclic) bond motifs is 3. The Kier molecular flexibility index (Phi) is 1.10. The molecule has 2 heterocycles. The minimum absolute atomic E-state index is 0.355. The maximum atomic E-state index is 11.0. The molecule has 0 N–H and O–H groups in total. The summed E-state index contributed by atoms with van der Waals surface area (Å²) < 4.78 is 12.5. The smallest absolute Gasteiger partial charge is 0.277 e. The Morgan fingerprint density at radius 2 is 2.23 bits per heavy atom. The first-order valence-corrected chi connectivity index (χ1v) is 4.20. The van der Waals surface area contributed by atoms with Crippen molar-refractivity contribution in [2.75, 3.05) is 0 Å². The summed E-state index contributed by atoms with van der Waals surface area (Å²) in [7, 11) is 0. The van der Waals surface area contributed by atoms with Gasteiger partial charge in [-0.1, -0.05) is 0 Å². The van der Waals surface area contributed by atoms with Crippen LogP contribution in [0.25, 0.3) is 22.1 Å². The molecule has 0 aliphatic carbocycles. The van der Waals surface area contributed by atoms with E-state index in [9.17, 15) is 5.21 Å². The van der Waals surface area contributed by atoms with Gasteiger partial charge in [-0.05, 0) is 17.0 Å². The third-order valence-corrected chi connectivity index (χ3v) is 2.33. The van der Waals surface area contributed by atoms with Crippen LogP contribution in [-0.4, -0.2) is 13.9 Å². The van der Waals surface area contributed by atoms with E-state index in [2.05, 4.69) is 18.5 Å². The average molecular weight is 194 g/mol. The molecule has 0 radical (unpaired) electrons. The molecule has 0 saturated heterocycles. The standard InChI is InChI=1S/C6H2N4O2S/c11-10-4-2-1-3-5(9-13-8-3)6(4)7-12-10/h1-2H. The predicted octanol–water partition coefficient (Wildman–Crippen LogP) is 0.466. The topological polar surface area (TPSA) is 78.8 Å². The number of rotatable bonds is 0. The van der Waals surface area contributed by atoms with E-state index in [0.29, 0.717) is 21.5 Å². The zero-order chi connectivity index (χ0) is 8.84. The number of nitrogens with zero attached hydrogens (tertiary/aromatic N) is 4. The van der Waals surface area contributed by atoms with Crippen LogP contribution in [0.4, 0.5) is 0 Å². The summed E-state index contributed by atoms with van der Waals surface area (Å²) in [6.07, 6.45) is 0. The molecule has 13 heavy (non-hydrogen) atoms. The first kappa shape index (κ1) is 6.72. The van der Waals surface area contributed by atoms with E-state index in [1.54, 1.807) is 12.1 Å². The third kappa shape index (κ3) is 0.760. The van der Waals surface area contributed by atoms with Crippen LogP contribution in [0.5, 0.6) is 0 Å². The molecular weight excluding hydrogens is 192 g/mol. The Bertz CT molecular complexity index is 586. The van der Waals surface area contributed by atoms with Crippen molar-refractivity contribution in [2.45, 2.75) is 0 Å². The van der Waals surface area contributed by atoms with Crippen molar-refractivity contribution in [1.29, 1.82) is 0 Å². The van der Waals surface area contributed by atoms with Gasteiger partial charge in [-0.2, -0.15) is 8.75 Å². The van der Waals surface area contributed by atoms with E-state index in [4.69, 9.17) is 0 Å². The second-order valence-corrected chi connectivity index (χ2v) is 3.02. The van der Waals surface area contributed by atoms with Gasteiger partial charge in [0, 0.05) is 5.16 Å². The number of benzene rings is 1. The highest BCUT2D eigenvalue weighted by Gasteiger charge is 2.15. The van der Waals surface area contributed by atoms with Crippen LogP contribution < -0.4 is 4.90 Å². The number of hydrogen-bond donors (Lipinski definition) is 0. The maximum absolute atomic E-state index is 11.0. The summed E-state index contributed by atoms with van der Waals surface area (Å²) in [6, 6.07) is 3.33.